The molecule has 0 fully saturated rings. The minimum atomic E-state index is 0.198. The minimum Gasteiger partial charge on any atom is -0.356 e. The zero-order valence-electron chi connectivity index (χ0n) is 14.6. The molecule has 0 saturated carbocycles. The zero-order chi connectivity index (χ0) is 16.2. The number of aliphatic imine (C=N–C) groups is 1. The summed E-state index contributed by atoms with van der Waals surface area (Å²) in [4.78, 5) is 8.89. The number of hydrogen-bond acceptors (Lipinski definition) is 3. The summed E-state index contributed by atoms with van der Waals surface area (Å²) in [6.45, 7) is 10.7. The van der Waals surface area contributed by atoms with Crippen molar-refractivity contribution in [3.05, 3.63) is 11.6 Å². The molecule has 0 spiro atoms. The molecule has 0 aromatic carbocycles. The van der Waals surface area contributed by atoms with Gasteiger partial charge in [0.2, 0.25) is 0 Å². The highest BCUT2D eigenvalue weighted by atomic mass is 15.4. The second kappa shape index (κ2) is 7.11. The third-order valence-corrected chi connectivity index (χ3v) is 3.91. The maximum atomic E-state index is 4.56. The Morgan fingerprint density at radius 3 is 2.86 bits per heavy atom. The minimum absolute atomic E-state index is 0.198. The lowest BCUT2D eigenvalue weighted by Crippen LogP contribution is -2.42. The smallest absolute Gasteiger partial charge is 0.191 e. The third-order valence-electron chi connectivity index (χ3n) is 3.91. The van der Waals surface area contributed by atoms with E-state index in [9.17, 15) is 0 Å². The number of nitrogens with one attached hydrogen (secondary N) is 2. The summed E-state index contributed by atoms with van der Waals surface area (Å²) in [5.74, 6) is 2.73. The average molecular weight is 306 g/mol. The van der Waals surface area contributed by atoms with Crippen LogP contribution in [0.25, 0.3) is 0 Å². The lowest BCUT2D eigenvalue weighted by Gasteiger charge is -2.25. The number of nitrogens with zero attached hydrogens (tertiary/aromatic N) is 4. The predicted octanol–water partition coefficient (Wildman–Crippen LogP) is 2.41. The van der Waals surface area contributed by atoms with Gasteiger partial charge < -0.3 is 10.6 Å². The maximum absolute atomic E-state index is 4.56. The van der Waals surface area contributed by atoms with Gasteiger partial charge in [-0.25, -0.2) is 9.67 Å². The van der Waals surface area contributed by atoms with Crippen molar-refractivity contribution >= 4 is 5.96 Å². The second-order valence-electron chi connectivity index (χ2n) is 7.24. The molecule has 0 aliphatic carbocycles. The van der Waals surface area contributed by atoms with Crippen LogP contribution in [-0.4, -0.2) is 34.3 Å². The van der Waals surface area contributed by atoms with Crippen LogP contribution in [0.2, 0.25) is 0 Å². The van der Waals surface area contributed by atoms with E-state index in [0.29, 0.717) is 5.41 Å². The first-order valence-electron chi connectivity index (χ1n) is 8.27. The molecule has 0 radical (unpaired) electrons. The van der Waals surface area contributed by atoms with Gasteiger partial charge in [-0.05, 0) is 38.0 Å². The fourth-order valence-electron chi connectivity index (χ4n) is 2.79. The SMILES string of the molecule is CN=C(NCCCC(C)(C)C)NC1CCCn2nc(C)nc21. The molecule has 2 rings (SSSR count). The molecule has 1 aliphatic heterocycles. The Hall–Kier alpha value is -1.59. The van der Waals surface area contributed by atoms with Crippen molar-refractivity contribution in [1.82, 2.24) is 25.4 Å². The van der Waals surface area contributed by atoms with Crippen LogP contribution in [0.5, 0.6) is 0 Å². The largest absolute Gasteiger partial charge is 0.356 e. The Labute approximate surface area is 133 Å². The molecule has 0 bridgehead atoms. The van der Waals surface area contributed by atoms with Gasteiger partial charge in [-0.1, -0.05) is 20.8 Å². The number of guanidine groups is 1. The van der Waals surface area contributed by atoms with Crippen molar-refractivity contribution < 1.29 is 0 Å². The van der Waals surface area contributed by atoms with Gasteiger partial charge in [0.05, 0.1) is 6.04 Å². The average Bonchev–Trinajstić information content (AvgIpc) is 2.82. The van der Waals surface area contributed by atoms with Crippen molar-refractivity contribution in [2.45, 2.75) is 66.0 Å². The normalized spacial score (nSPS) is 19.0. The standard InChI is InChI=1S/C16H30N6/c1-12-19-14-13(8-6-11-22(14)21-12)20-15(17-5)18-10-7-9-16(2,3)4/h13H,6-11H2,1-5H3,(H2,17,18,20). The molecule has 22 heavy (non-hydrogen) atoms. The van der Waals surface area contributed by atoms with Gasteiger partial charge in [-0.15, -0.1) is 0 Å². The third kappa shape index (κ3) is 4.71. The molecular weight excluding hydrogens is 276 g/mol. The number of aryl methyl sites for hydroxylation is 2. The van der Waals surface area contributed by atoms with Crippen molar-refractivity contribution in [2.75, 3.05) is 13.6 Å². The Kier molecular flexibility index (Phi) is 5.42. The van der Waals surface area contributed by atoms with E-state index in [-0.39, 0.29) is 6.04 Å². The van der Waals surface area contributed by atoms with E-state index in [1.165, 1.54) is 6.42 Å². The highest BCUT2D eigenvalue weighted by Crippen LogP contribution is 2.23. The van der Waals surface area contributed by atoms with Gasteiger partial charge >= 0.3 is 0 Å². The predicted molar refractivity (Wildman–Crippen MR) is 89.9 cm³/mol. The highest BCUT2D eigenvalue weighted by molar-refractivity contribution is 5.80. The van der Waals surface area contributed by atoms with E-state index >= 15 is 0 Å². The van der Waals surface area contributed by atoms with E-state index < -0.39 is 0 Å². The first-order chi connectivity index (χ1) is 10.4. The second-order valence-corrected chi connectivity index (χ2v) is 7.24. The first-order valence-corrected chi connectivity index (χ1v) is 8.27. The van der Waals surface area contributed by atoms with Crippen LogP contribution < -0.4 is 10.6 Å². The van der Waals surface area contributed by atoms with Crippen LogP contribution in [0, 0.1) is 12.3 Å². The summed E-state index contributed by atoms with van der Waals surface area (Å²) in [6, 6.07) is 0.198. The zero-order valence-corrected chi connectivity index (χ0v) is 14.6. The summed E-state index contributed by atoms with van der Waals surface area (Å²) < 4.78 is 2.02. The Morgan fingerprint density at radius 2 is 2.18 bits per heavy atom. The van der Waals surface area contributed by atoms with E-state index in [0.717, 1.165) is 50.0 Å². The van der Waals surface area contributed by atoms with Crippen LogP contribution in [0.4, 0.5) is 0 Å². The van der Waals surface area contributed by atoms with Crippen molar-refractivity contribution in [3.63, 3.8) is 0 Å². The highest BCUT2D eigenvalue weighted by Gasteiger charge is 2.24. The molecular formula is C16H30N6. The molecule has 124 valence electrons. The van der Waals surface area contributed by atoms with Crippen LogP contribution in [-0.2, 0) is 6.54 Å². The summed E-state index contributed by atoms with van der Waals surface area (Å²) in [5.41, 5.74) is 0.385. The molecule has 1 unspecified atom stereocenters. The fraction of sp³-hybridized carbons (Fsp3) is 0.812. The number of hydrogen-bond donors (Lipinski definition) is 2. The monoisotopic (exact) mass is 306 g/mol. The number of rotatable bonds is 4. The number of aromatic nitrogens is 3. The molecule has 0 saturated heterocycles. The summed E-state index contributed by atoms with van der Waals surface area (Å²) in [6.07, 6.45) is 4.54. The van der Waals surface area contributed by atoms with Gasteiger partial charge in [0.25, 0.3) is 0 Å². The summed E-state index contributed by atoms with van der Waals surface area (Å²) >= 11 is 0. The van der Waals surface area contributed by atoms with Crippen LogP contribution >= 0.6 is 0 Å². The Bertz CT molecular complexity index is 511. The van der Waals surface area contributed by atoms with Gasteiger partial charge in [-0.2, -0.15) is 5.10 Å². The molecule has 2 N–H and O–H groups in total. The van der Waals surface area contributed by atoms with Crippen LogP contribution in [0.3, 0.4) is 0 Å². The van der Waals surface area contributed by atoms with E-state index in [2.05, 4.69) is 46.5 Å². The molecule has 6 nitrogen and oxygen atoms in total. The van der Waals surface area contributed by atoms with Crippen LogP contribution in [0.15, 0.2) is 4.99 Å². The summed E-state index contributed by atoms with van der Waals surface area (Å²) in [5, 5.41) is 11.3. The molecule has 1 aromatic heterocycles. The van der Waals surface area contributed by atoms with Crippen molar-refractivity contribution in [2.24, 2.45) is 10.4 Å². The van der Waals surface area contributed by atoms with Crippen molar-refractivity contribution in [1.29, 1.82) is 0 Å². The topological polar surface area (TPSA) is 67.1 Å². The molecule has 1 atom stereocenters. The maximum Gasteiger partial charge on any atom is 0.191 e. The van der Waals surface area contributed by atoms with Gasteiger partial charge in [0.15, 0.2) is 5.96 Å². The number of fused-ring (bicyclic) bond motifs is 1. The van der Waals surface area contributed by atoms with Gasteiger partial charge in [0, 0.05) is 20.1 Å². The lowest BCUT2D eigenvalue weighted by atomic mass is 9.91. The van der Waals surface area contributed by atoms with Crippen molar-refractivity contribution in [3.8, 4) is 0 Å². The molecule has 6 heteroatoms. The van der Waals surface area contributed by atoms with E-state index in [1.54, 1.807) is 0 Å². The fourth-order valence-corrected chi connectivity index (χ4v) is 2.79. The van der Waals surface area contributed by atoms with E-state index in [1.807, 2.05) is 18.7 Å². The summed E-state index contributed by atoms with van der Waals surface area (Å²) in [7, 11) is 1.82. The van der Waals surface area contributed by atoms with Gasteiger partial charge in [0.1, 0.15) is 11.6 Å². The lowest BCUT2D eigenvalue weighted by molar-refractivity contribution is 0.364. The molecule has 0 amide bonds. The Morgan fingerprint density at radius 1 is 1.41 bits per heavy atom. The van der Waals surface area contributed by atoms with Crippen LogP contribution in [0.1, 0.15) is 64.1 Å². The molecule has 1 aromatic rings. The molecule has 2 heterocycles. The quantitative estimate of drug-likeness (QED) is 0.509. The van der Waals surface area contributed by atoms with E-state index in [4.69, 9.17) is 0 Å². The molecule has 1 aliphatic rings. The Balaban J connectivity index is 1.86. The first kappa shape index (κ1) is 16.8. The van der Waals surface area contributed by atoms with Gasteiger partial charge in [-0.3, -0.25) is 4.99 Å².